The monoisotopic (exact) mass is 480 g/mol. The average molecular weight is 482 g/mol. The molecule has 1 aliphatic carbocycles. The van der Waals surface area contributed by atoms with Crippen LogP contribution >= 0.6 is 27.5 Å². The van der Waals surface area contributed by atoms with Gasteiger partial charge in [-0.15, -0.1) is 0 Å². The van der Waals surface area contributed by atoms with Crippen molar-refractivity contribution >= 4 is 43.5 Å². The predicted octanol–water partition coefficient (Wildman–Crippen LogP) is 3.81. The third-order valence-electron chi connectivity index (χ3n) is 4.70. The molecule has 1 amide bonds. The summed E-state index contributed by atoms with van der Waals surface area (Å²) in [5.74, 6) is -1.55. The van der Waals surface area contributed by atoms with E-state index < -0.39 is 27.4 Å². The van der Waals surface area contributed by atoms with Crippen LogP contribution in [0.3, 0.4) is 0 Å². The second kappa shape index (κ2) is 7.83. The van der Waals surface area contributed by atoms with Crippen LogP contribution < -0.4 is 10.5 Å². The molecule has 0 bridgehead atoms. The lowest BCUT2D eigenvalue weighted by molar-refractivity contribution is -0.122. The summed E-state index contributed by atoms with van der Waals surface area (Å²) in [6.45, 7) is 1.63. The summed E-state index contributed by atoms with van der Waals surface area (Å²) in [5, 5.41) is 0.339. The number of nitrogens with two attached hydrogens (primary N) is 1. The number of primary amides is 1. The molecule has 0 heterocycles. The van der Waals surface area contributed by atoms with Crippen molar-refractivity contribution in [3.63, 3.8) is 0 Å². The second-order valence-corrected chi connectivity index (χ2v) is 9.44. The number of halogens is 2. The van der Waals surface area contributed by atoms with Gasteiger partial charge in [0.05, 0.1) is 16.4 Å². The van der Waals surface area contributed by atoms with Gasteiger partial charge in [-0.2, -0.15) is 4.72 Å². The van der Waals surface area contributed by atoms with Crippen molar-refractivity contribution in [3.8, 4) is 0 Å². The molecule has 2 aromatic rings. The van der Waals surface area contributed by atoms with Gasteiger partial charge in [-0.25, -0.2) is 8.42 Å². The molecule has 8 heteroatoms. The van der Waals surface area contributed by atoms with E-state index in [0.717, 1.165) is 4.47 Å². The van der Waals surface area contributed by atoms with E-state index in [4.69, 9.17) is 17.3 Å². The highest BCUT2D eigenvalue weighted by Crippen LogP contribution is 2.37. The quantitative estimate of drug-likeness (QED) is 0.680. The molecule has 1 aliphatic rings. The van der Waals surface area contributed by atoms with Crippen LogP contribution in [0.5, 0.6) is 0 Å². The van der Waals surface area contributed by atoms with Crippen LogP contribution in [0.15, 0.2) is 76.1 Å². The van der Waals surface area contributed by atoms with Crippen molar-refractivity contribution in [1.29, 1.82) is 0 Å². The van der Waals surface area contributed by atoms with E-state index in [2.05, 4.69) is 20.7 Å². The van der Waals surface area contributed by atoms with Crippen LogP contribution in [0.25, 0.3) is 0 Å². The number of carbonyl (C=O) groups excluding carboxylic acids is 1. The average Bonchev–Trinajstić information content (AvgIpc) is 2.64. The van der Waals surface area contributed by atoms with Gasteiger partial charge in [-0.05, 0) is 42.3 Å². The second-order valence-electron chi connectivity index (χ2n) is 6.47. The van der Waals surface area contributed by atoms with Gasteiger partial charge in [0.25, 0.3) is 0 Å². The van der Waals surface area contributed by atoms with E-state index in [0.29, 0.717) is 16.1 Å². The fraction of sp³-hybridized carbons (Fsp3) is 0.150. The molecule has 2 unspecified atom stereocenters. The molecular formula is C20H18BrClN2O3S. The molecule has 0 aromatic heterocycles. The first kappa shape index (κ1) is 20.8. The smallest absolute Gasteiger partial charge is 0.241 e. The fourth-order valence-electron chi connectivity index (χ4n) is 3.27. The molecule has 0 saturated heterocycles. The Kier molecular flexibility index (Phi) is 5.82. The lowest BCUT2D eigenvalue weighted by Crippen LogP contribution is -2.53. The Hall–Kier alpha value is -1.93. The first-order valence-electron chi connectivity index (χ1n) is 8.38. The molecule has 2 aromatic carbocycles. The van der Waals surface area contributed by atoms with E-state index in [-0.39, 0.29) is 4.90 Å². The molecule has 0 aliphatic heterocycles. The van der Waals surface area contributed by atoms with Gasteiger partial charge in [-0.1, -0.05) is 70.0 Å². The molecule has 5 nitrogen and oxygen atoms in total. The number of allylic oxidation sites excluding steroid dienone is 2. The van der Waals surface area contributed by atoms with Crippen LogP contribution in [0, 0.1) is 12.8 Å². The zero-order valence-corrected chi connectivity index (χ0v) is 18.1. The third-order valence-corrected chi connectivity index (χ3v) is 7.27. The van der Waals surface area contributed by atoms with Gasteiger partial charge >= 0.3 is 0 Å². The number of sulfonamides is 1. The van der Waals surface area contributed by atoms with Crippen molar-refractivity contribution in [2.45, 2.75) is 17.4 Å². The van der Waals surface area contributed by atoms with Crippen molar-refractivity contribution < 1.29 is 13.2 Å². The van der Waals surface area contributed by atoms with Gasteiger partial charge in [0.2, 0.25) is 15.9 Å². The van der Waals surface area contributed by atoms with Crippen LogP contribution in [-0.4, -0.2) is 14.3 Å². The Morgan fingerprint density at radius 3 is 2.50 bits per heavy atom. The lowest BCUT2D eigenvalue weighted by Gasteiger charge is -2.38. The summed E-state index contributed by atoms with van der Waals surface area (Å²) < 4.78 is 30.1. The summed E-state index contributed by atoms with van der Waals surface area (Å²) in [6, 6.07) is 11.7. The van der Waals surface area contributed by atoms with E-state index in [9.17, 15) is 13.2 Å². The number of nitrogens with one attached hydrogen (secondary N) is 1. The number of hydrogen-bond donors (Lipinski definition) is 2. The normalized spacial score (nSPS) is 21.6. The molecule has 0 radical (unpaired) electrons. The summed E-state index contributed by atoms with van der Waals surface area (Å²) in [6.07, 6.45) is 6.60. The zero-order chi connectivity index (χ0) is 20.5. The minimum absolute atomic E-state index is 0.0441. The van der Waals surface area contributed by atoms with Gasteiger partial charge in [-0.3, -0.25) is 4.79 Å². The number of benzene rings is 2. The van der Waals surface area contributed by atoms with Crippen molar-refractivity contribution in [2.75, 3.05) is 0 Å². The van der Waals surface area contributed by atoms with Crippen molar-refractivity contribution in [1.82, 2.24) is 4.72 Å². The minimum Gasteiger partial charge on any atom is -0.369 e. The van der Waals surface area contributed by atoms with Gasteiger partial charge < -0.3 is 5.73 Å². The third kappa shape index (κ3) is 3.80. The summed E-state index contributed by atoms with van der Waals surface area (Å²) in [7, 11) is -4.04. The van der Waals surface area contributed by atoms with Crippen LogP contribution in [0.4, 0.5) is 0 Å². The fourth-order valence-corrected chi connectivity index (χ4v) is 5.40. The first-order valence-corrected chi connectivity index (χ1v) is 11.0. The topological polar surface area (TPSA) is 89.3 Å². The predicted molar refractivity (Wildman–Crippen MR) is 113 cm³/mol. The molecule has 3 rings (SSSR count). The highest BCUT2D eigenvalue weighted by atomic mass is 79.9. The van der Waals surface area contributed by atoms with Crippen LogP contribution in [0.2, 0.25) is 5.02 Å². The van der Waals surface area contributed by atoms with Gasteiger partial charge in [0, 0.05) is 9.50 Å². The molecule has 2 atom stereocenters. The standard InChI is InChI=1S/C20H18BrClN2O3S/c1-13-17(22)6-4-7-18(13)28(26,27)24-20(14-8-10-15(21)11-9-14)12-3-2-5-16(20)19(23)25/h2-12,16,24H,1H3,(H2,23,25). The zero-order valence-electron chi connectivity index (χ0n) is 14.9. The van der Waals surface area contributed by atoms with Gasteiger partial charge in [0.15, 0.2) is 0 Å². The van der Waals surface area contributed by atoms with Crippen molar-refractivity contribution in [2.24, 2.45) is 11.7 Å². The molecule has 28 heavy (non-hydrogen) atoms. The van der Waals surface area contributed by atoms with E-state index >= 15 is 0 Å². The number of hydrogen-bond acceptors (Lipinski definition) is 3. The first-order chi connectivity index (χ1) is 13.2. The maximum Gasteiger partial charge on any atom is 0.241 e. The summed E-state index contributed by atoms with van der Waals surface area (Å²) in [4.78, 5) is 12.3. The Morgan fingerprint density at radius 1 is 1.18 bits per heavy atom. The maximum absolute atomic E-state index is 13.3. The molecule has 146 valence electrons. The Morgan fingerprint density at radius 2 is 1.86 bits per heavy atom. The largest absolute Gasteiger partial charge is 0.369 e. The minimum atomic E-state index is -4.04. The summed E-state index contributed by atoms with van der Waals surface area (Å²) in [5.41, 5.74) is 5.28. The Labute approximate surface area is 177 Å². The van der Waals surface area contributed by atoms with Crippen LogP contribution in [0.1, 0.15) is 11.1 Å². The van der Waals surface area contributed by atoms with E-state index in [1.54, 1.807) is 67.6 Å². The highest BCUT2D eigenvalue weighted by Gasteiger charge is 2.45. The Bertz CT molecular complexity index is 1080. The Balaban J connectivity index is 2.19. The van der Waals surface area contributed by atoms with Gasteiger partial charge in [0.1, 0.15) is 0 Å². The molecular weight excluding hydrogens is 464 g/mol. The number of amides is 1. The summed E-state index contributed by atoms with van der Waals surface area (Å²) >= 11 is 9.48. The SMILES string of the molecule is Cc1c(Cl)cccc1S(=O)(=O)NC1(c2ccc(Br)cc2)C=CC=CC1C(N)=O. The highest BCUT2D eigenvalue weighted by molar-refractivity contribution is 9.10. The molecule has 3 N–H and O–H groups in total. The molecule has 0 spiro atoms. The maximum atomic E-state index is 13.3. The molecule has 0 saturated carbocycles. The lowest BCUT2D eigenvalue weighted by atomic mass is 9.76. The number of carbonyl (C=O) groups is 1. The van der Waals surface area contributed by atoms with Crippen LogP contribution in [-0.2, 0) is 20.4 Å². The van der Waals surface area contributed by atoms with Crippen molar-refractivity contribution in [3.05, 3.63) is 87.4 Å². The number of rotatable bonds is 5. The van der Waals surface area contributed by atoms with E-state index in [1.807, 2.05) is 0 Å². The van der Waals surface area contributed by atoms with E-state index in [1.165, 1.54) is 6.07 Å². The molecule has 0 fully saturated rings.